The summed E-state index contributed by atoms with van der Waals surface area (Å²) in [7, 11) is 0. The van der Waals surface area contributed by atoms with Crippen LogP contribution in [0.3, 0.4) is 0 Å². The van der Waals surface area contributed by atoms with Crippen LogP contribution >= 0.6 is 12.4 Å². The van der Waals surface area contributed by atoms with Crippen molar-refractivity contribution in [2.75, 3.05) is 6.61 Å². The van der Waals surface area contributed by atoms with Gasteiger partial charge in [-0.05, 0) is 24.3 Å². The molecule has 1 aromatic carbocycles. The average molecular weight is 231 g/mol. The number of aliphatic carboxylic acids is 1. The number of hydrogen-bond acceptors (Lipinski definition) is 3. The van der Waals surface area contributed by atoms with Crippen molar-refractivity contribution in [3.63, 3.8) is 0 Å². The summed E-state index contributed by atoms with van der Waals surface area (Å²) in [6.07, 6.45) is 0. The van der Waals surface area contributed by atoms with Gasteiger partial charge in [-0.1, -0.05) is 0 Å². The van der Waals surface area contributed by atoms with E-state index in [0.29, 0.717) is 11.3 Å². The lowest BCUT2D eigenvalue weighted by molar-refractivity contribution is -0.139. The fourth-order valence-corrected chi connectivity index (χ4v) is 0.876. The molecule has 0 bridgehead atoms. The van der Waals surface area contributed by atoms with Gasteiger partial charge in [-0.15, -0.1) is 12.4 Å². The van der Waals surface area contributed by atoms with Gasteiger partial charge in [0.05, 0.1) is 0 Å². The van der Waals surface area contributed by atoms with Crippen LogP contribution in [0.1, 0.15) is 5.56 Å². The zero-order chi connectivity index (χ0) is 10.6. The molecule has 6 heteroatoms. The van der Waals surface area contributed by atoms with Crippen molar-refractivity contribution in [2.45, 2.75) is 0 Å². The molecule has 0 atom stereocenters. The first-order valence-corrected chi connectivity index (χ1v) is 3.88. The number of nitrogens with two attached hydrogens (primary N) is 1. The van der Waals surface area contributed by atoms with Gasteiger partial charge in [0.1, 0.15) is 11.6 Å². The minimum atomic E-state index is -1.03. The van der Waals surface area contributed by atoms with Crippen LogP contribution in [-0.4, -0.2) is 23.5 Å². The van der Waals surface area contributed by atoms with Crippen LogP contribution < -0.4 is 10.5 Å². The highest BCUT2D eigenvalue weighted by Crippen LogP contribution is 2.11. The van der Waals surface area contributed by atoms with E-state index >= 15 is 0 Å². The maximum atomic E-state index is 10.2. The molecule has 0 radical (unpaired) electrons. The van der Waals surface area contributed by atoms with E-state index in [1.165, 1.54) is 0 Å². The number of rotatable bonds is 4. The molecule has 0 fully saturated rings. The number of halogens is 1. The molecule has 0 aliphatic carbocycles. The van der Waals surface area contributed by atoms with E-state index in [0.717, 1.165) is 0 Å². The molecule has 15 heavy (non-hydrogen) atoms. The number of ether oxygens (including phenoxy) is 1. The second-order valence-corrected chi connectivity index (χ2v) is 2.62. The van der Waals surface area contributed by atoms with Crippen LogP contribution in [0, 0.1) is 5.41 Å². The number of nitrogen functional groups attached to an aromatic ring is 1. The number of carboxylic acids is 1. The van der Waals surface area contributed by atoms with Gasteiger partial charge in [0, 0.05) is 5.56 Å². The van der Waals surface area contributed by atoms with E-state index in [9.17, 15) is 4.79 Å². The predicted molar refractivity (Wildman–Crippen MR) is 57.8 cm³/mol. The van der Waals surface area contributed by atoms with E-state index in [2.05, 4.69) is 0 Å². The molecule has 4 N–H and O–H groups in total. The molecule has 0 aromatic heterocycles. The zero-order valence-corrected chi connectivity index (χ0v) is 8.58. The standard InChI is InChI=1S/C9H10N2O3.ClH/c10-9(11)6-1-3-7(4-2-6)14-5-8(12)13;/h1-4H,5H2,(H3,10,11)(H,12,13);1H. The molecular formula is C9H11ClN2O3. The minimum absolute atomic E-state index is 0. The molecule has 0 heterocycles. The molecule has 5 nitrogen and oxygen atoms in total. The number of nitrogens with one attached hydrogen (secondary N) is 1. The monoisotopic (exact) mass is 230 g/mol. The van der Waals surface area contributed by atoms with Crippen molar-refractivity contribution in [3.8, 4) is 5.75 Å². The Bertz CT molecular complexity index is 351. The quantitative estimate of drug-likeness (QED) is 0.528. The van der Waals surface area contributed by atoms with E-state index in [1.54, 1.807) is 24.3 Å². The lowest BCUT2D eigenvalue weighted by Crippen LogP contribution is -2.11. The van der Waals surface area contributed by atoms with Crippen LogP contribution in [0.5, 0.6) is 5.75 Å². The average Bonchev–Trinajstić information content (AvgIpc) is 2.15. The number of amidine groups is 1. The molecule has 1 rings (SSSR count). The summed E-state index contributed by atoms with van der Waals surface area (Å²) < 4.78 is 4.89. The molecule has 0 spiro atoms. The molecule has 0 saturated carbocycles. The Morgan fingerprint density at radius 3 is 2.33 bits per heavy atom. The van der Waals surface area contributed by atoms with Crippen molar-refractivity contribution >= 4 is 24.2 Å². The van der Waals surface area contributed by atoms with Crippen molar-refractivity contribution in [3.05, 3.63) is 29.8 Å². The van der Waals surface area contributed by atoms with Gasteiger partial charge < -0.3 is 15.6 Å². The third-order valence-electron chi connectivity index (χ3n) is 1.53. The Kier molecular flexibility index (Phi) is 5.19. The van der Waals surface area contributed by atoms with Crippen molar-refractivity contribution < 1.29 is 14.6 Å². The summed E-state index contributed by atoms with van der Waals surface area (Å²) in [6, 6.07) is 6.33. The fourth-order valence-electron chi connectivity index (χ4n) is 0.876. The third kappa shape index (κ3) is 4.33. The third-order valence-corrected chi connectivity index (χ3v) is 1.53. The van der Waals surface area contributed by atoms with E-state index in [1.807, 2.05) is 0 Å². The van der Waals surface area contributed by atoms with Gasteiger partial charge >= 0.3 is 5.97 Å². The molecule has 1 aromatic rings. The van der Waals surface area contributed by atoms with Crippen LogP contribution in [0.15, 0.2) is 24.3 Å². The highest BCUT2D eigenvalue weighted by Gasteiger charge is 2.00. The Labute approximate surface area is 92.8 Å². The van der Waals surface area contributed by atoms with Gasteiger partial charge in [-0.25, -0.2) is 4.79 Å². The molecular weight excluding hydrogens is 220 g/mol. The smallest absolute Gasteiger partial charge is 0.341 e. The highest BCUT2D eigenvalue weighted by atomic mass is 35.5. The first-order chi connectivity index (χ1) is 6.59. The Hall–Kier alpha value is -1.75. The summed E-state index contributed by atoms with van der Waals surface area (Å²) in [4.78, 5) is 10.2. The van der Waals surface area contributed by atoms with Gasteiger partial charge in [0.15, 0.2) is 6.61 Å². The first-order valence-electron chi connectivity index (χ1n) is 3.88. The maximum Gasteiger partial charge on any atom is 0.341 e. The lowest BCUT2D eigenvalue weighted by atomic mass is 10.2. The van der Waals surface area contributed by atoms with E-state index < -0.39 is 5.97 Å². The fraction of sp³-hybridized carbons (Fsp3) is 0.111. The molecule has 0 aliphatic rings. The highest BCUT2D eigenvalue weighted by molar-refractivity contribution is 5.94. The van der Waals surface area contributed by atoms with E-state index in [4.69, 9.17) is 21.0 Å². The first kappa shape index (κ1) is 13.2. The molecule has 0 amide bonds. The number of carbonyl (C=O) groups is 1. The summed E-state index contributed by atoms with van der Waals surface area (Å²) in [6.45, 7) is -0.376. The summed E-state index contributed by atoms with van der Waals surface area (Å²) >= 11 is 0. The van der Waals surface area contributed by atoms with E-state index in [-0.39, 0.29) is 24.8 Å². The predicted octanol–water partition coefficient (Wildman–Crippen LogP) is 0.856. The topological polar surface area (TPSA) is 96.4 Å². The Morgan fingerprint density at radius 2 is 1.93 bits per heavy atom. The Morgan fingerprint density at radius 1 is 1.40 bits per heavy atom. The zero-order valence-electron chi connectivity index (χ0n) is 7.77. The van der Waals surface area contributed by atoms with Gasteiger partial charge in [-0.3, -0.25) is 5.41 Å². The van der Waals surface area contributed by atoms with Crippen LogP contribution in [-0.2, 0) is 4.79 Å². The normalized spacial score (nSPS) is 8.80. The number of benzene rings is 1. The van der Waals surface area contributed by atoms with Gasteiger partial charge in [-0.2, -0.15) is 0 Å². The second-order valence-electron chi connectivity index (χ2n) is 2.62. The SMILES string of the molecule is Cl.N=C(N)c1ccc(OCC(=O)O)cc1. The van der Waals surface area contributed by atoms with Crippen molar-refractivity contribution in [1.82, 2.24) is 0 Å². The summed E-state index contributed by atoms with van der Waals surface area (Å²) in [5.41, 5.74) is 5.81. The van der Waals surface area contributed by atoms with Crippen LogP contribution in [0.4, 0.5) is 0 Å². The minimum Gasteiger partial charge on any atom is -0.482 e. The van der Waals surface area contributed by atoms with Crippen molar-refractivity contribution in [1.29, 1.82) is 5.41 Å². The van der Waals surface area contributed by atoms with Crippen LogP contribution in [0.25, 0.3) is 0 Å². The lowest BCUT2D eigenvalue weighted by Gasteiger charge is -2.03. The van der Waals surface area contributed by atoms with Crippen LogP contribution in [0.2, 0.25) is 0 Å². The Balaban J connectivity index is 0.00000196. The summed E-state index contributed by atoms with van der Waals surface area (Å²) in [5.74, 6) is -0.618. The number of hydrogen-bond donors (Lipinski definition) is 3. The second kappa shape index (κ2) is 5.87. The maximum absolute atomic E-state index is 10.2. The molecule has 82 valence electrons. The van der Waals surface area contributed by atoms with Gasteiger partial charge in [0.25, 0.3) is 0 Å². The molecule has 0 aliphatic heterocycles. The van der Waals surface area contributed by atoms with Crippen molar-refractivity contribution in [2.24, 2.45) is 5.73 Å². The molecule has 0 unspecified atom stereocenters. The number of carboxylic acid groups (broad SMARTS) is 1. The van der Waals surface area contributed by atoms with Gasteiger partial charge in [0.2, 0.25) is 0 Å². The largest absolute Gasteiger partial charge is 0.482 e. The summed E-state index contributed by atoms with van der Waals surface area (Å²) in [5, 5.41) is 15.5. The molecule has 0 saturated heterocycles.